The van der Waals surface area contributed by atoms with Gasteiger partial charge in [0.25, 0.3) is 5.56 Å². The smallest absolute Gasteiger partial charge is 0.259 e. The van der Waals surface area contributed by atoms with E-state index >= 15 is 0 Å². The summed E-state index contributed by atoms with van der Waals surface area (Å²) in [4.78, 5) is 21.4. The van der Waals surface area contributed by atoms with Gasteiger partial charge in [0, 0.05) is 28.2 Å². The van der Waals surface area contributed by atoms with Crippen LogP contribution >= 0.6 is 34.8 Å². The van der Waals surface area contributed by atoms with Crippen LogP contribution in [0.2, 0.25) is 15.1 Å². The molecule has 1 aromatic heterocycles. The number of pyridine rings is 1. The number of hydrogen-bond donors (Lipinski definition) is 0. The molecule has 1 unspecified atom stereocenters. The molecule has 0 bridgehead atoms. The van der Waals surface area contributed by atoms with Crippen molar-refractivity contribution in [3.05, 3.63) is 115 Å². The predicted molar refractivity (Wildman–Crippen MR) is 160 cm³/mol. The first-order valence-electron chi connectivity index (χ1n) is 12.7. The average molecular weight is 567 g/mol. The SMILES string of the molecule is CC(C)C(c1cc2cc(Cl)ccc2c(=O)n1Cc1ccccc1)N1CC(C)(C)N=C1c1ccc(Cl)c(Cl)c1. The minimum Gasteiger partial charge on any atom is -0.345 e. The third kappa shape index (κ3) is 5.22. The number of benzene rings is 3. The molecule has 0 radical (unpaired) electrons. The first-order chi connectivity index (χ1) is 18.0. The Balaban J connectivity index is 1.73. The number of nitrogens with zero attached hydrogens (tertiary/aromatic N) is 3. The maximum absolute atomic E-state index is 14.0. The summed E-state index contributed by atoms with van der Waals surface area (Å²) in [5, 5.41) is 3.07. The second kappa shape index (κ2) is 10.4. The standard InChI is InChI=1S/C31H30Cl3N3O/c1-19(2)28(37-18-31(3,4)35-29(37)21-10-13-25(33)26(34)15-21)27-16-22-14-23(32)11-12-24(22)30(38)36(27)17-20-8-6-5-7-9-20/h5-16,19,28H,17-18H2,1-4H3. The van der Waals surface area contributed by atoms with Crippen molar-refractivity contribution in [1.82, 2.24) is 9.47 Å². The van der Waals surface area contributed by atoms with Crippen LogP contribution in [0, 0.1) is 5.92 Å². The van der Waals surface area contributed by atoms with Gasteiger partial charge in [-0.2, -0.15) is 0 Å². The summed E-state index contributed by atoms with van der Waals surface area (Å²) in [6, 6.07) is 23.2. The van der Waals surface area contributed by atoms with E-state index in [1.165, 1.54) is 0 Å². The molecule has 4 nitrogen and oxygen atoms in total. The average Bonchev–Trinajstić information content (AvgIpc) is 3.18. The Morgan fingerprint density at radius 2 is 1.66 bits per heavy atom. The zero-order chi connectivity index (χ0) is 27.2. The molecule has 3 aromatic carbocycles. The van der Waals surface area contributed by atoms with Gasteiger partial charge >= 0.3 is 0 Å². The van der Waals surface area contributed by atoms with Gasteiger partial charge in [0.15, 0.2) is 0 Å². The number of aliphatic imine (C=N–C) groups is 1. The van der Waals surface area contributed by atoms with Crippen LogP contribution in [0.4, 0.5) is 0 Å². The van der Waals surface area contributed by atoms with E-state index < -0.39 is 0 Å². The summed E-state index contributed by atoms with van der Waals surface area (Å²) >= 11 is 19.0. The van der Waals surface area contributed by atoms with E-state index in [1.807, 2.05) is 59.2 Å². The highest BCUT2D eigenvalue weighted by Crippen LogP contribution is 2.38. The highest BCUT2D eigenvalue weighted by molar-refractivity contribution is 6.42. The van der Waals surface area contributed by atoms with E-state index in [0.29, 0.717) is 33.5 Å². The van der Waals surface area contributed by atoms with Crippen LogP contribution in [0.15, 0.2) is 82.6 Å². The molecule has 0 amide bonds. The largest absolute Gasteiger partial charge is 0.345 e. The van der Waals surface area contributed by atoms with Crippen LogP contribution < -0.4 is 5.56 Å². The fourth-order valence-corrected chi connectivity index (χ4v) is 5.84. The van der Waals surface area contributed by atoms with Crippen LogP contribution in [0.25, 0.3) is 10.8 Å². The monoisotopic (exact) mass is 565 g/mol. The Hall–Kier alpha value is -2.79. The lowest BCUT2D eigenvalue weighted by Gasteiger charge is -2.36. The normalized spacial score (nSPS) is 15.8. The van der Waals surface area contributed by atoms with Crippen molar-refractivity contribution in [2.24, 2.45) is 10.9 Å². The van der Waals surface area contributed by atoms with Gasteiger partial charge in [0.05, 0.1) is 28.2 Å². The topological polar surface area (TPSA) is 37.6 Å². The number of amidine groups is 1. The third-order valence-electron chi connectivity index (χ3n) is 6.97. The number of halogens is 3. The molecule has 0 N–H and O–H groups in total. The quantitative estimate of drug-likeness (QED) is 0.236. The Bertz CT molecular complexity index is 1590. The molecular weight excluding hydrogens is 537 g/mol. The fourth-order valence-electron chi connectivity index (χ4n) is 5.36. The van der Waals surface area contributed by atoms with Crippen LogP contribution in [-0.4, -0.2) is 27.4 Å². The highest BCUT2D eigenvalue weighted by Gasteiger charge is 2.39. The van der Waals surface area contributed by atoms with Crippen LogP contribution in [-0.2, 0) is 6.54 Å². The molecule has 1 aliphatic rings. The highest BCUT2D eigenvalue weighted by atomic mass is 35.5. The van der Waals surface area contributed by atoms with Crippen molar-refractivity contribution in [1.29, 1.82) is 0 Å². The summed E-state index contributed by atoms with van der Waals surface area (Å²) in [6.45, 7) is 9.77. The lowest BCUT2D eigenvalue weighted by atomic mass is 9.94. The van der Waals surface area contributed by atoms with E-state index in [2.05, 4.69) is 38.7 Å². The minimum absolute atomic E-state index is 0.0323. The Morgan fingerprint density at radius 3 is 2.34 bits per heavy atom. The number of hydrogen-bond acceptors (Lipinski definition) is 3. The van der Waals surface area contributed by atoms with Gasteiger partial charge in [0.2, 0.25) is 0 Å². The van der Waals surface area contributed by atoms with Crippen LogP contribution in [0.5, 0.6) is 0 Å². The number of rotatable bonds is 6. The van der Waals surface area contributed by atoms with Crippen molar-refractivity contribution in [2.75, 3.05) is 6.54 Å². The van der Waals surface area contributed by atoms with E-state index in [4.69, 9.17) is 39.8 Å². The van der Waals surface area contributed by atoms with E-state index in [0.717, 1.165) is 28.0 Å². The molecule has 0 spiro atoms. The summed E-state index contributed by atoms with van der Waals surface area (Å²) in [5.41, 5.74) is 2.53. The van der Waals surface area contributed by atoms with Gasteiger partial charge in [-0.15, -0.1) is 0 Å². The molecule has 7 heteroatoms. The Labute approximate surface area is 238 Å². The maximum Gasteiger partial charge on any atom is 0.259 e. The third-order valence-corrected chi connectivity index (χ3v) is 7.95. The van der Waals surface area contributed by atoms with Crippen molar-refractivity contribution in [3.63, 3.8) is 0 Å². The molecule has 1 aliphatic heterocycles. The zero-order valence-electron chi connectivity index (χ0n) is 21.9. The molecule has 4 aromatic rings. The molecule has 0 saturated heterocycles. The maximum atomic E-state index is 14.0. The van der Waals surface area contributed by atoms with Crippen molar-refractivity contribution < 1.29 is 0 Å². The van der Waals surface area contributed by atoms with Gasteiger partial charge in [-0.3, -0.25) is 9.79 Å². The lowest BCUT2D eigenvalue weighted by molar-refractivity contribution is 0.231. The fraction of sp³-hybridized carbons (Fsp3) is 0.290. The number of fused-ring (bicyclic) bond motifs is 1. The van der Waals surface area contributed by atoms with Crippen molar-refractivity contribution in [2.45, 2.75) is 45.8 Å². The molecule has 196 valence electrons. The molecule has 0 saturated carbocycles. The zero-order valence-corrected chi connectivity index (χ0v) is 24.1. The van der Waals surface area contributed by atoms with Gasteiger partial charge in [-0.1, -0.05) is 79.0 Å². The van der Waals surface area contributed by atoms with Gasteiger partial charge in [0.1, 0.15) is 5.84 Å². The summed E-state index contributed by atoms with van der Waals surface area (Å²) in [6.07, 6.45) is 0. The van der Waals surface area contributed by atoms with Crippen LogP contribution in [0.3, 0.4) is 0 Å². The van der Waals surface area contributed by atoms with Gasteiger partial charge in [-0.05, 0) is 73.2 Å². The first-order valence-corrected chi connectivity index (χ1v) is 13.9. The second-order valence-electron chi connectivity index (χ2n) is 10.9. The lowest BCUT2D eigenvalue weighted by Crippen LogP contribution is -2.41. The molecule has 2 heterocycles. The second-order valence-corrected chi connectivity index (χ2v) is 12.1. The summed E-state index contributed by atoms with van der Waals surface area (Å²) < 4.78 is 1.91. The van der Waals surface area contributed by atoms with Crippen molar-refractivity contribution in [3.8, 4) is 0 Å². The molecular formula is C31H30Cl3N3O. The molecule has 0 aliphatic carbocycles. The molecule has 38 heavy (non-hydrogen) atoms. The van der Waals surface area contributed by atoms with Crippen molar-refractivity contribution >= 4 is 51.4 Å². The summed E-state index contributed by atoms with van der Waals surface area (Å²) in [7, 11) is 0. The Kier molecular flexibility index (Phi) is 7.34. The van der Waals surface area contributed by atoms with Gasteiger partial charge < -0.3 is 9.47 Å². The number of aromatic nitrogens is 1. The van der Waals surface area contributed by atoms with E-state index in [-0.39, 0.29) is 23.1 Å². The van der Waals surface area contributed by atoms with Crippen LogP contribution in [0.1, 0.15) is 50.6 Å². The molecule has 0 fully saturated rings. The predicted octanol–water partition coefficient (Wildman–Crippen LogP) is 8.25. The Morgan fingerprint density at radius 1 is 0.921 bits per heavy atom. The summed E-state index contributed by atoms with van der Waals surface area (Å²) in [5.74, 6) is 1.01. The first kappa shape index (κ1) is 26.8. The van der Waals surface area contributed by atoms with Gasteiger partial charge in [-0.25, -0.2) is 0 Å². The molecule has 5 rings (SSSR count). The van der Waals surface area contributed by atoms with E-state index in [1.54, 1.807) is 12.1 Å². The minimum atomic E-state index is -0.320. The van der Waals surface area contributed by atoms with E-state index in [9.17, 15) is 4.79 Å². The molecule has 1 atom stereocenters.